The van der Waals surface area contributed by atoms with E-state index in [4.69, 9.17) is 16.3 Å². The zero-order chi connectivity index (χ0) is 16.2. The summed E-state index contributed by atoms with van der Waals surface area (Å²) in [5, 5.41) is 11.8. The predicted molar refractivity (Wildman–Crippen MR) is 80.9 cm³/mol. The van der Waals surface area contributed by atoms with Crippen molar-refractivity contribution < 1.29 is 13.5 Å². The first-order valence-corrected chi connectivity index (χ1v) is 7.68. The first-order chi connectivity index (χ1) is 11.2. The Morgan fingerprint density at radius 1 is 1.39 bits per heavy atom. The maximum absolute atomic E-state index is 13.2. The van der Waals surface area contributed by atoms with Crippen LogP contribution >= 0.6 is 11.6 Å². The quantitative estimate of drug-likeness (QED) is 0.832. The van der Waals surface area contributed by atoms with Crippen molar-refractivity contribution >= 4 is 17.5 Å². The van der Waals surface area contributed by atoms with Gasteiger partial charge < -0.3 is 9.64 Å². The van der Waals surface area contributed by atoms with E-state index in [0.717, 1.165) is 5.56 Å². The summed E-state index contributed by atoms with van der Waals surface area (Å²) in [5.74, 6) is 0.118. The van der Waals surface area contributed by atoms with Crippen LogP contribution in [0.25, 0.3) is 0 Å². The minimum absolute atomic E-state index is 0.0616. The van der Waals surface area contributed by atoms with Crippen LogP contribution in [-0.2, 0) is 11.3 Å². The lowest BCUT2D eigenvalue weighted by Gasteiger charge is -2.32. The van der Waals surface area contributed by atoms with Crippen LogP contribution < -0.4 is 4.90 Å². The topological polar surface area (TPSA) is 56.1 Å². The Morgan fingerprint density at radius 3 is 3.04 bits per heavy atom. The fraction of sp³-hybridized carbons (Fsp3) is 0.500. The van der Waals surface area contributed by atoms with Crippen LogP contribution in [0.4, 0.5) is 14.7 Å². The van der Waals surface area contributed by atoms with Crippen molar-refractivity contribution in [3.05, 3.63) is 34.6 Å². The van der Waals surface area contributed by atoms with E-state index in [9.17, 15) is 8.78 Å². The van der Waals surface area contributed by atoms with Gasteiger partial charge in [-0.25, -0.2) is 9.07 Å². The molecule has 2 aromatic rings. The number of anilines is 1. The van der Waals surface area contributed by atoms with Gasteiger partial charge in [-0.2, -0.15) is 0 Å². The molecule has 9 heteroatoms. The molecule has 23 heavy (non-hydrogen) atoms. The van der Waals surface area contributed by atoms with Gasteiger partial charge in [0.15, 0.2) is 0 Å². The summed E-state index contributed by atoms with van der Waals surface area (Å²) in [6, 6.07) is 4.50. The molecule has 124 valence electrons. The van der Waals surface area contributed by atoms with Crippen molar-refractivity contribution in [2.75, 3.05) is 31.3 Å². The van der Waals surface area contributed by atoms with E-state index in [-0.39, 0.29) is 11.1 Å². The first kappa shape index (κ1) is 16.1. The van der Waals surface area contributed by atoms with E-state index in [1.165, 1.54) is 6.07 Å². The van der Waals surface area contributed by atoms with Gasteiger partial charge in [-0.3, -0.25) is 4.39 Å². The summed E-state index contributed by atoms with van der Waals surface area (Å²) in [6.07, 6.45) is 0.185. The third-order valence-electron chi connectivity index (χ3n) is 3.68. The van der Waals surface area contributed by atoms with Gasteiger partial charge in [-0.1, -0.05) is 22.8 Å². The highest BCUT2D eigenvalue weighted by atomic mass is 35.5. The van der Waals surface area contributed by atoms with E-state index >= 15 is 0 Å². The molecule has 0 bridgehead atoms. The fourth-order valence-electron chi connectivity index (χ4n) is 2.54. The third kappa shape index (κ3) is 3.76. The van der Waals surface area contributed by atoms with Crippen molar-refractivity contribution in [1.29, 1.82) is 0 Å². The Balaban J connectivity index is 1.75. The minimum Gasteiger partial charge on any atom is -0.374 e. The highest BCUT2D eigenvalue weighted by molar-refractivity contribution is 6.30. The van der Waals surface area contributed by atoms with Gasteiger partial charge in [-0.05, 0) is 28.1 Å². The molecule has 1 aromatic heterocycles. The number of benzene rings is 1. The van der Waals surface area contributed by atoms with Gasteiger partial charge in [0.1, 0.15) is 5.82 Å². The lowest BCUT2D eigenvalue weighted by Crippen LogP contribution is -2.44. The number of rotatable bonds is 5. The fourth-order valence-corrected chi connectivity index (χ4v) is 2.74. The standard InChI is InChI=1S/C14H16ClF2N5O/c15-12-7-10(1-2-13(12)17)8-22-14(18-19-20-22)21-5-6-23-11(9-21)3-4-16/h1-2,7,11H,3-6,8-9H2. The van der Waals surface area contributed by atoms with Crippen LogP contribution in [0.3, 0.4) is 0 Å². The van der Waals surface area contributed by atoms with Gasteiger partial charge in [0.25, 0.3) is 0 Å². The van der Waals surface area contributed by atoms with Crippen molar-refractivity contribution in [2.24, 2.45) is 0 Å². The summed E-state index contributed by atoms with van der Waals surface area (Å²) < 4.78 is 32.9. The summed E-state index contributed by atoms with van der Waals surface area (Å²) in [4.78, 5) is 1.97. The average molecular weight is 344 g/mol. The number of tetrazole rings is 1. The Hall–Kier alpha value is -1.80. The second kappa shape index (κ2) is 7.18. The Bertz CT molecular complexity index is 666. The smallest absolute Gasteiger partial charge is 0.246 e. The number of ether oxygens (including phenoxy) is 1. The van der Waals surface area contributed by atoms with Gasteiger partial charge in [0.2, 0.25) is 5.95 Å². The number of hydrogen-bond donors (Lipinski definition) is 0. The van der Waals surface area contributed by atoms with Gasteiger partial charge in [0, 0.05) is 19.5 Å². The Kier molecular flexibility index (Phi) is 5.02. The minimum atomic E-state index is -0.463. The van der Waals surface area contributed by atoms with Crippen molar-refractivity contribution in [1.82, 2.24) is 20.2 Å². The molecule has 1 aromatic carbocycles. The Labute approximate surface area is 137 Å². The molecule has 1 atom stereocenters. The molecule has 0 radical (unpaired) electrons. The maximum atomic E-state index is 13.2. The van der Waals surface area contributed by atoms with Crippen LogP contribution in [0.5, 0.6) is 0 Å². The van der Waals surface area contributed by atoms with Gasteiger partial charge in [-0.15, -0.1) is 0 Å². The molecular weight excluding hydrogens is 328 g/mol. The second-order valence-electron chi connectivity index (χ2n) is 5.30. The number of nitrogens with zero attached hydrogens (tertiary/aromatic N) is 5. The number of halogens is 3. The molecule has 1 aliphatic rings. The summed E-state index contributed by atoms with van der Waals surface area (Å²) in [7, 11) is 0. The number of aromatic nitrogens is 4. The van der Waals surface area contributed by atoms with Crippen molar-refractivity contribution in [2.45, 2.75) is 19.1 Å². The molecule has 1 saturated heterocycles. The van der Waals surface area contributed by atoms with Crippen LogP contribution in [0.1, 0.15) is 12.0 Å². The van der Waals surface area contributed by atoms with E-state index in [1.54, 1.807) is 16.8 Å². The molecular formula is C14H16ClF2N5O. The molecule has 3 rings (SSSR count). The zero-order valence-electron chi connectivity index (χ0n) is 12.3. The molecule has 1 fully saturated rings. The van der Waals surface area contributed by atoms with E-state index < -0.39 is 12.5 Å². The summed E-state index contributed by atoms with van der Waals surface area (Å²) in [6.45, 7) is 1.62. The second-order valence-corrected chi connectivity index (χ2v) is 5.71. The van der Waals surface area contributed by atoms with Crippen LogP contribution in [-0.4, -0.2) is 52.7 Å². The van der Waals surface area contributed by atoms with Crippen LogP contribution in [0, 0.1) is 5.82 Å². The zero-order valence-corrected chi connectivity index (χ0v) is 13.1. The normalized spacial score (nSPS) is 18.4. The van der Waals surface area contributed by atoms with Gasteiger partial charge in [0.05, 0.1) is 31.0 Å². The van der Waals surface area contributed by atoms with E-state index in [1.807, 2.05) is 4.90 Å². The molecule has 0 N–H and O–H groups in total. The van der Waals surface area contributed by atoms with Crippen molar-refractivity contribution in [3.63, 3.8) is 0 Å². The van der Waals surface area contributed by atoms with E-state index in [2.05, 4.69) is 15.5 Å². The average Bonchev–Trinajstić information content (AvgIpc) is 3.00. The largest absolute Gasteiger partial charge is 0.374 e. The summed E-state index contributed by atoms with van der Waals surface area (Å²) in [5.41, 5.74) is 0.790. The van der Waals surface area contributed by atoms with Crippen LogP contribution in [0.15, 0.2) is 18.2 Å². The molecule has 6 nitrogen and oxygen atoms in total. The Morgan fingerprint density at radius 2 is 2.26 bits per heavy atom. The maximum Gasteiger partial charge on any atom is 0.246 e. The molecule has 1 aliphatic heterocycles. The highest BCUT2D eigenvalue weighted by Crippen LogP contribution is 2.19. The lowest BCUT2D eigenvalue weighted by atomic mass is 10.2. The molecule has 0 amide bonds. The van der Waals surface area contributed by atoms with E-state index in [0.29, 0.717) is 38.6 Å². The highest BCUT2D eigenvalue weighted by Gasteiger charge is 2.24. The van der Waals surface area contributed by atoms with Gasteiger partial charge >= 0.3 is 0 Å². The van der Waals surface area contributed by atoms with Crippen molar-refractivity contribution in [3.8, 4) is 0 Å². The SMILES string of the molecule is FCCC1CN(c2nnnn2Cc2ccc(F)c(Cl)c2)CCO1. The molecule has 2 heterocycles. The van der Waals surface area contributed by atoms with Crippen LogP contribution in [0.2, 0.25) is 5.02 Å². The third-order valence-corrected chi connectivity index (χ3v) is 3.97. The monoisotopic (exact) mass is 343 g/mol. The number of morpholine rings is 1. The number of hydrogen-bond acceptors (Lipinski definition) is 5. The molecule has 1 unspecified atom stereocenters. The summed E-state index contributed by atoms with van der Waals surface area (Å²) >= 11 is 5.80. The molecule has 0 aliphatic carbocycles. The molecule has 0 spiro atoms. The molecule has 0 saturated carbocycles. The first-order valence-electron chi connectivity index (χ1n) is 7.30. The number of alkyl halides is 1. The predicted octanol–water partition coefficient (Wildman–Crippen LogP) is 2.08. The lowest BCUT2D eigenvalue weighted by molar-refractivity contribution is 0.0305.